The zero-order chi connectivity index (χ0) is 30.6. The molecule has 1 unspecified atom stereocenters. The number of hydrogen-bond acceptors (Lipinski definition) is 7. The van der Waals surface area contributed by atoms with Gasteiger partial charge in [-0.2, -0.15) is 13.2 Å². The number of alkyl halides is 3. The molecule has 14 heteroatoms. The number of methoxy groups -OCH3 is 1. The zero-order valence-corrected chi connectivity index (χ0v) is 24.1. The van der Waals surface area contributed by atoms with Gasteiger partial charge < -0.3 is 30.1 Å². The molecular weight excluding hydrogens is 557 g/mol. The van der Waals surface area contributed by atoms with Crippen LogP contribution in [-0.2, 0) is 20.7 Å². The van der Waals surface area contributed by atoms with Crippen molar-refractivity contribution in [1.82, 2.24) is 25.7 Å². The van der Waals surface area contributed by atoms with E-state index < -0.39 is 42.8 Å². The van der Waals surface area contributed by atoms with Gasteiger partial charge in [0.25, 0.3) is 0 Å². The van der Waals surface area contributed by atoms with E-state index >= 15 is 0 Å². The molecule has 1 saturated heterocycles. The normalized spacial score (nSPS) is 22.4. The van der Waals surface area contributed by atoms with Crippen LogP contribution in [0.5, 0.6) is 0 Å². The molecule has 230 valence electrons. The van der Waals surface area contributed by atoms with E-state index in [1.165, 1.54) is 19.4 Å². The van der Waals surface area contributed by atoms with E-state index in [0.717, 1.165) is 30.6 Å². The number of nitrogens with one attached hydrogen (secondary N) is 3. The average molecular weight is 595 g/mol. The number of halogens is 3. The van der Waals surface area contributed by atoms with Crippen molar-refractivity contribution in [3.63, 3.8) is 0 Å². The van der Waals surface area contributed by atoms with Crippen LogP contribution in [0.15, 0.2) is 22.9 Å². The van der Waals surface area contributed by atoms with Gasteiger partial charge in [-0.1, -0.05) is 24.9 Å². The van der Waals surface area contributed by atoms with Crippen LogP contribution in [0, 0.1) is 25.7 Å². The summed E-state index contributed by atoms with van der Waals surface area (Å²) in [5.41, 5.74) is 1.71. The predicted molar refractivity (Wildman–Crippen MR) is 145 cm³/mol. The second kappa shape index (κ2) is 13.1. The molecule has 0 aromatic carbocycles. The number of rotatable bonds is 10. The van der Waals surface area contributed by atoms with Gasteiger partial charge >= 0.3 is 12.2 Å². The first-order valence-corrected chi connectivity index (χ1v) is 14.0. The number of hydrogen-bond donors (Lipinski definition) is 3. The van der Waals surface area contributed by atoms with Crippen LogP contribution >= 0.6 is 0 Å². The van der Waals surface area contributed by atoms with Gasteiger partial charge in [-0.05, 0) is 56.2 Å². The lowest BCUT2D eigenvalue weighted by Gasteiger charge is -2.32. The molecule has 0 radical (unpaired) electrons. The van der Waals surface area contributed by atoms with Crippen LogP contribution < -0.4 is 16.0 Å². The van der Waals surface area contributed by atoms with Crippen molar-refractivity contribution in [2.45, 2.75) is 77.2 Å². The van der Waals surface area contributed by atoms with Crippen molar-refractivity contribution in [2.24, 2.45) is 11.8 Å². The smallest absolute Gasteiger partial charge is 0.382 e. The van der Waals surface area contributed by atoms with E-state index in [0.29, 0.717) is 28.5 Å². The van der Waals surface area contributed by atoms with Crippen LogP contribution in [-0.4, -0.2) is 71.4 Å². The Bertz CT molecular complexity index is 1260. The molecule has 1 aliphatic heterocycles. The van der Waals surface area contributed by atoms with Gasteiger partial charge in [0.15, 0.2) is 0 Å². The minimum absolute atomic E-state index is 0.0112. The third-order valence-corrected chi connectivity index (χ3v) is 8.10. The van der Waals surface area contributed by atoms with Crippen molar-refractivity contribution in [2.75, 3.05) is 25.6 Å². The third-order valence-electron chi connectivity index (χ3n) is 8.10. The molecule has 1 saturated carbocycles. The summed E-state index contributed by atoms with van der Waals surface area (Å²) in [5.74, 6) is 0.315. The monoisotopic (exact) mass is 594 g/mol. The van der Waals surface area contributed by atoms with Gasteiger partial charge in [0.2, 0.25) is 11.8 Å². The summed E-state index contributed by atoms with van der Waals surface area (Å²) in [5, 5.41) is 11.5. The number of nitrogens with zero attached hydrogens (tertiary/aromatic N) is 3. The SMILES string of the molecule is COCC(c1ccnc(NC(=O)[C@H](NC(=O)Cc2c(C)noc2C)C2CCC(C)CC2)c1)N1C[C@@H](C(F)(F)F)NC1=O. The Morgan fingerprint density at radius 3 is 2.55 bits per heavy atom. The summed E-state index contributed by atoms with van der Waals surface area (Å²) in [4.78, 5) is 44.4. The van der Waals surface area contributed by atoms with E-state index in [-0.39, 0.29) is 30.7 Å². The highest BCUT2D eigenvalue weighted by Gasteiger charge is 2.48. The van der Waals surface area contributed by atoms with E-state index in [9.17, 15) is 27.6 Å². The summed E-state index contributed by atoms with van der Waals surface area (Å²) in [7, 11) is 1.38. The number of aryl methyl sites for hydroxylation is 2. The first-order valence-electron chi connectivity index (χ1n) is 14.0. The number of ether oxygens (including phenoxy) is 1. The fraction of sp³-hybridized carbons (Fsp3) is 0.607. The van der Waals surface area contributed by atoms with Gasteiger partial charge in [0.05, 0.1) is 31.3 Å². The molecule has 4 rings (SSSR count). The Hall–Kier alpha value is -3.68. The molecule has 0 spiro atoms. The highest BCUT2D eigenvalue weighted by molar-refractivity contribution is 5.97. The molecule has 2 aromatic rings. The molecule has 3 N–H and O–H groups in total. The topological polar surface area (TPSA) is 139 Å². The Morgan fingerprint density at radius 2 is 1.95 bits per heavy atom. The standard InChI is InChI=1S/C28H37F3N6O5/c1-15-5-7-18(8-6-15)25(35-24(38)12-20-16(2)36-42-17(20)3)26(39)34-23-11-19(9-10-32-23)21(14-41-4)37-13-22(28(29,30)31)33-27(37)40/h9-11,15,18,21-22,25H,5-8,12-14H2,1-4H3,(H,33,40)(H,35,38)(H,32,34,39)/t15?,18?,21?,22-,25+/m0/s1. The predicted octanol–water partition coefficient (Wildman–Crippen LogP) is 3.82. The average Bonchev–Trinajstić information content (AvgIpc) is 3.48. The van der Waals surface area contributed by atoms with E-state index in [1.54, 1.807) is 19.9 Å². The Balaban J connectivity index is 1.52. The molecule has 4 amide bonds. The summed E-state index contributed by atoms with van der Waals surface area (Å²) in [6.07, 6.45) is 0.195. The highest BCUT2D eigenvalue weighted by Crippen LogP contribution is 2.32. The van der Waals surface area contributed by atoms with E-state index in [2.05, 4.69) is 27.7 Å². The van der Waals surface area contributed by atoms with Crippen molar-refractivity contribution < 1.29 is 36.8 Å². The molecule has 2 aromatic heterocycles. The minimum Gasteiger partial charge on any atom is -0.382 e. The molecule has 0 bridgehead atoms. The molecule has 2 aliphatic rings. The molecule has 2 fully saturated rings. The van der Waals surface area contributed by atoms with Crippen molar-refractivity contribution >= 4 is 23.7 Å². The Kier molecular flexibility index (Phi) is 9.74. The summed E-state index contributed by atoms with van der Waals surface area (Å²) < 4.78 is 50.2. The number of carbonyl (C=O) groups is 3. The summed E-state index contributed by atoms with van der Waals surface area (Å²) in [6, 6.07) is -1.50. The Morgan fingerprint density at radius 1 is 1.24 bits per heavy atom. The van der Waals surface area contributed by atoms with Gasteiger partial charge in [-0.25, -0.2) is 9.78 Å². The summed E-state index contributed by atoms with van der Waals surface area (Å²) >= 11 is 0. The second-order valence-corrected chi connectivity index (χ2v) is 11.2. The largest absolute Gasteiger partial charge is 0.410 e. The maximum absolute atomic E-state index is 13.6. The third kappa shape index (κ3) is 7.39. The molecule has 1 aliphatic carbocycles. The number of anilines is 1. The fourth-order valence-corrected chi connectivity index (χ4v) is 5.62. The lowest BCUT2D eigenvalue weighted by molar-refractivity contribution is -0.150. The molecule has 11 nitrogen and oxygen atoms in total. The lowest BCUT2D eigenvalue weighted by Crippen LogP contribution is -2.50. The van der Waals surface area contributed by atoms with Crippen LogP contribution in [0.3, 0.4) is 0 Å². The number of pyridine rings is 1. The number of aromatic nitrogens is 2. The highest BCUT2D eigenvalue weighted by atomic mass is 19.4. The van der Waals surface area contributed by atoms with Crippen molar-refractivity contribution in [3.05, 3.63) is 40.9 Å². The maximum atomic E-state index is 13.6. The Labute approximate surface area is 241 Å². The molecule has 3 heterocycles. The molecule has 42 heavy (non-hydrogen) atoms. The van der Waals surface area contributed by atoms with Gasteiger partial charge in [0.1, 0.15) is 23.7 Å². The van der Waals surface area contributed by atoms with Gasteiger partial charge in [-0.3, -0.25) is 9.59 Å². The van der Waals surface area contributed by atoms with Crippen molar-refractivity contribution in [1.29, 1.82) is 0 Å². The van der Waals surface area contributed by atoms with E-state index in [4.69, 9.17) is 9.26 Å². The zero-order valence-electron chi connectivity index (χ0n) is 24.1. The van der Waals surface area contributed by atoms with Crippen molar-refractivity contribution in [3.8, 4) is 0 Å². The minimum atomic E-state index is -4.60. The second-order valence-electron chi connectivity index (χ2n) is 11.2. The summed E-state index contributed by atoms with van der Waals surface area (Å²) in [6.45, 7) is 4.97. The first kappa shape index (κ1) is 31.3. The number of urea groups is 1. The first-order chi connectivity index (χ1) is 19.9. The van der Waals surface area contributed by atoms with E-state index in [1.807, 2.05) is 5.32 Å². The lowest BCUT2D eigenvalue weighted by atomic mass is 9.79. The number of carbonyl (C=O) groups excluding carboxylic acids is 3. The van der Waals surface area contributed by atoms with Gasteiger partial charge in [-0.15, -0.1) is 0 Å². The quantitative estimate of drug-likeness (QED) is 0.380. The van der Waals surface area contributed by atoms with Gasteiger partial charge in [0, 0.05) is 18.9 Å². The van der Waals surface area contributed by atoms with Crippen LogP contribution in [0.1, 0.15) is 61.2 Å². The molecular formula is C28H37F3N6O5. The number of amides is 4. The molecule has 3 atom stereocenters. The maximum Gasteiger partial charge on any atom is 0.410 e. The fourth-order valence-electron chi connectivity index (χ4n) is 5.62. The van der Waals surface area contributed by atoms with Crippen LogP contribution in [0.4, 0.5) is 23.8 Å². The van der Waals surface area contributed by atoms with Crippen LogP contribution in [0.25, 0.3) is 0 Å². The van der Waals surface area contributed by atoms with Crippen LogP contribution in [0.2, 0.25) is 0 Å².